The Morgan fingerprint density at radius 2 is 2.00 bits per heavy atom. The number of hydrogen-bond donors (Lipinski definition) is 0. The van der Waals surface area contributed by atoms with Crippen LogP contribution in [0.3, 0.4) is 0 Å². The highest BCUT2D eigenvalue weighted by molar-refractivity contribution is 9.09. The fraction of sp³-hybridized carbons (Fsp3) is 0.357. The van der Waals surface area contributed by atoms with Gasteiger partial charge in [-0.1, -0.05) is 34.1 Å². The molecule has 1 saturated heterocycles. The van der Waals surface area contributed by atoms with E-state index < -0.39 is 0 Å². The van der Waals surface area contributed by atoms with Crippen molar-refractivity contribution in [1.82, 2.24) is 4.90 Å². The van der Waals surface area contributed by atoms with Crippen LogP contribution < -0.4 is 0 Å². The minimum Gasteiger partial charge on any atom is -0.451 e. The molecule has 94 valence electrons. The van der Waals surface area contributed by atoms with Crippen LogP contribution in [-0.4, -0.2) is 28.7 Å². The zero-order valence-corrected chi connectivity index (χ0v) is 11.5. The number of nitrogens with zero attached hydrogens (tertiary/aromatic N) is 1. The first-order valence-corrected chi connectivity index (χ1v) is 7.07. The van der Waals surface area contributed by atoms with Gasteiger partial charge in [-0.15, -0.1) is 0 Å². The average Bonchev–Trinajstić information content (AvgIpc) is 2.82. The van der Waals surface area contributed by atoms with Crippen LogP contribution in [-0.2, 0) is 0 Å². The van der Waals surface area contributed by atoms with Crippen LogP contribution in [0.25, 0.3) is 11.0 Å². The lowest BCUT2D eigenvalue weighted by Crippen LogP contribution is -2.38. The number of halogens is 1. The van der Waals surface area contributed by atoms with Crippen LogP contribution in [0.2, 0.25) is 0 Å². The summed E-state index contributed by atoms with van der Waals surface area (Å²) in [6, 6.07) is 9.54. The third-order valence-electron chi connectivity index (χ3n) is 3.35. The van der Waals surface area contributed by atoms with Crippen molar-refractivity contribution in [2.24, 2.45) is 0 Å². The van der Waals surface area contributed by atoms with Crippen LogP contribution in [0, 0.1) is 0 Å². The van der Waals surface area contributed by atoms with Crippen LogP contribution >= 0.6 is 15.9 Å². The molecule has 2 aromatic rings. The SMILES string of the molecule is O=C(c1cc2ccccc2o1)N1CCC(Br)CC1. The number of para-hydroxylation sites is 1. The van der Waals surface area contributed by atoms with Gasteiger partial charge in [0, 0.05) is 23.3 Å². The Morgan fingerprint density at radius 3 is 2.72 bits per heavy atom. The maximum Gasteiger partial charge on any atom is 0.289 e. The maximum absolute atomic E-state index is 12.3. The summed E-state index contributed by atoms with van der Waals surface area (Å²) in [5.41, 5.74) is 0.774. The molecule has 0 N–H and O–H groups in total. The molecule has 0 unspecified atom stereocenters. The van der Waals surface area contributed by atoms with E-state index >= 15 is 0 Å². The molecule has 3 nitrogen and oxygen atoms in total. The number of fused-ring (bicyclic) bond motifs is 1. The second-order valence-corrected chi connectivity index (χ2v) is 5.91. The summed E-state index contributed by atoms with van der Waals surface area (Å²) in [5, 5.41) is 0.983. The van der Waals surface area contributed by atoms with Crippen LogP contribution in [0.15, 0.2) is 34.7 Å². The second kappa shape index (κ2) is 4.76. The van der Waals surface area contributed by atoms with Crippen LogP contribution in [0.1, 0.15) is 23.4 Å². The van der Waals surface area contributed by atoms with Gasteiger partial charge in [0.25, 0.3) is 5.91 Å². The number of likely N-dealkylation sites (tertiary alicyclic amines) is 1. The minimum absolute atomic E-state index is 0.00519. The molecule has 1 aromatic heterocycles. The Bertz CT molecular complexity index is 537. The largest absolute Gasteiger partial charge is 0.451 e. The highest BCUT2D eigenvalue weighted by atomic mass is 79.9. The first kappa shape index (κ1) is 11.8. The highest BCUT2D eigenvalue weighted by Gasteiger charge is 2.24. The van der Waals surface area contributed by atoms with E-state index in [1.165, 1.54) is 0 Å². The van der Waals surface area contributed by atoms with Crippen LogP contribution in [0.4, 0.5) is 0 Å². The average molecular weight is 308 g/mol. The predicted molar refractivity (Wildman–Crippen MR) is 74.1 cm³/mol. The Morgan fingerprint density at radius 1 is 1.28 bits per heavy atom. The second-order valence-electron chi connectivity index (χ2n) is 4.62. The number of carbonyl (C=O) groups excluding carboxylic acids is 1. The third-order valence-corrected chi connectivity index (χ3v) is 4.26. The van der Waals surface area contributed by atoms with Crippen molar-refractivity contribution in [2.75, 3.05) is 13.1 Å². The number of alkyl halides is 1. The van der Waals surface area contributed by atoms with E-state index in [2.05, 4.69) is 15.9 Å². The molecule has 1 aliphatic heterocycles. The monoisotopic (exact) mass is 307 g/mol. The van der Waals surface area contributed by atoms with Crippen LogP contribution in [0.5, 0.6) is 0 Å². The molecule has 0 atom stereocenters. The summed E-state index contributed by atoms with van der Waals surface area (Å²) >= 11 is 3.59. The number of furan rings is 1. The van der Waals surface area contributed by atoms with Crippen molar-refractivity contribution in [3.05, 3.63) is 36.1 Å². The number of piperidine rings is 1. The maximum atomic E-state index is 12.3. The van der Waals surface area contributed by atoms with Crippen molar-refractivity contribution in [3.63, 3.8) is 0 Å². The predicted octanol–water partition coefficient (Wildman–Crippen LogP) is 3.43. The van der Waals surface area contributed by atoms with E-state index in [1.54, 1.807) is 0 Å². The molecule has 0 aliphatic carbocycles. The van der Waals surface area contributed by atoms with E-state index in [1.807, 2.05) is 35.2 Å². The molecule has 0 radical (unpaired) electrons. The number of hydrogen-bond acceptors (Lipinski definition) is 2. The zero-order chi connectivity index (χ0) is 12.5. The van der Waals surface area contributed by atoms with E-state index in [0.29, 0.717) is 10.6 Å². The minimum atomic E-state index is 0.00519. The van der Waals surface area contributed by atoms with E-state index in [4.69, 9.17) is 4.42 Å². The van der Waals surface area contributed by atoms with Crippen molar-refractivity contribution in [1.29, 1.82) is 0 Å². The van der Waals surface area contributed by atoms with Gasteiger partial charge in [0.15, 0.2) is 5.76 Å². The summed E-state index contributed by atoms with van der Waals surface area (Å²) in [6.45, 7) is 1.59. The van der Waals surface area contributed by atoms with Gasteiger partial charge >= 0.3 is 0 Å². The Hall–Kier alpha value is -1.29. The van der Waals surface area contributed by atoms with E-state index in [0.717, 1.165) is 36.9 Å². The molecule has 4 heteroatoms. The number of rotatable bonds is 1. The van der Waals surface area contributed by atoms with Gasteiger partial charge in [0.2, 0.25) is 0 Å². The molecule has 2 heterocycles. The Labute approximate surface area is 114 Å². The molecule has 0 saturated carbocycles. The highest BCUT2D eigenvalue weighted by Crippen LogP contribution is 2.23. The van der Waals surface area contributed by atoms with Gasteiger partial charge in [-0.25, -0.2) is 0 Å². The van der Waals surface area contributed by atoms with E-state index in [9.17, 15) is 4.79 Å². The number of carbonyl (C=O) groups is 1. The van der Waals surface area contributed by atoms with Gasteiger partial charge < -0.3 is 9.32 Å². The lowest BCUT2D eigenvalue weighted by molar-refractivity contribution is 0.0698. The van der Waals surface area contributed by atoms with Gasteiger partial charge in [-0.05, 0) is 25.0 Å². The Balaban J connectivity index is 1.83. The van der Waals surface area contributed by atoms with Crippen molar-refractivity contribution < 1.29 is 9.21 Å². The summed E-state index contributed by atoms with van der Waals surface area (Å²) in [7, 11) is 0. The fourth-order valence-electron chi connectivity index (χ4n) is 2.29. The standard InChI is InChI=1S/C14H14BrNO2/c15-11-5-7-16(8-6-11)14(17)13-9-10-3-1-2-4-12(10)18-13/h1-4,9,11H,5-8H2. The van der Waals surface area contributed by atoms with Crippen molar-refractivity contribution in [3.8, 4) is 0 Å². The first-order chi connectivity index (χ1) is 8.74. The summed E-state index contributed by atoms with van der Waals surface area (Å²) in [6.07, 6.45) is 2.01. The fourth-order valence-corrected chi connectivity index (χ4v) is 2.70. The molecule has 3 rings (SSSR count). The molecular weight excluding hydrogens is 294 g/mol. The molecule has 1 aromatic carbocycles. The van der Waals surface area contributed by atoms with Gasteiger partial charge in [-0.2, -0.15) is 0 Å². The lowest BCUT2D eigenvalue weighted by Gasteiger charge is -2.28. The summed E-state index contributed by atoms with van der Waals surface area (Å²) in [4.78, 5) is 14.7. The number of amides is 1. The normalized spacial score (nSPS) is 17.3. The molecule has 18 heavy (non-hydrogen) atoms. The summed E-state index contributed by atoms with van der Waals surface area (Å²) in [5.74, 6) is 0.454. The quantitative estimate of drug-likeness (QED) is 0.756. The Kier molecular flexibility index (Phi) is 3.12. The molecule has 0 spiro atoms. The topological polar surface area (TPSA) is 33.5 Å². The summed E-state index contributed by atoms with van der Waals surface area (Å²) < 4.78 is 5.61. The molecule has 1 amide bonds. The first-order valence-electron chi connectivity index (χ1n) is 6.16. The van der Waals surface area contributed by atoms with Crippen molar-refractivity contribution in [2.45, 2.75) is 17.7 Å². The number of benzene rings is 1. The molecule has 0 bridgehead atoms. The molecule has 1 aliphatic rings. The molecular formula is C14H14BrNO2. The third kappa shape index (κ3) is 2.17. The smallest absolute Gasteiger partial charge is 0.289 e. The van der Waals surface area contributed by atoms with E-state index in [-0.39, 0.29) is 5.91 Å². The lowest BCUT2D eigenvalue weighted by atomic mass is 10.1. The molecule has 1 fully saturated rings. The van der Waals surface area contributed by atoms with Gasteiger partial charge in [-0.3, -0.25) is 4.79 Å². The zero-order valence-electron chi connectivity index (χ0n) is 9.93. The van der Waals surface area contributed by atoms with Crippen molar-refractivity contribution >= 4 is 32.8 Å². The van der Waals surface area contributed by atoms with Gasteiger partial charge in [0.05, 0.1) is 0 Å². The van der Waals surface area contributed by atoms with Gasteiger partial charge in [0.1, 0.15) is 5.58 Å².